The summed E-state index contributed by atoms with van der Waals surface area (Å²) < 4.78 is 17.8. The Kier molecular flexibility index (Phi) is 4.86. The molecule has 2 rings (SSSR count). The fourth-order valence-electron chi connectivity index (χ4n) is 1.81. The van der Waals surface area contributed by atoms with Crippen LogP contribution in [0.2, 0.25) is 0 Å². The van der Waals surface area contributed by atoms with E-state index in [0.717, 1.165) is 5.56 Å². The lowest BCUT2D eigenvalue weighted by atomic mass is 10.1. The third kappa shape index (κ3) is 4.55. The quantitative estimate of drug-likeness (QED) is 0.884. The van der Waals surface area contributed by atoms with Gasteiger partial charge in [-0.05, 0) is 31.5 Å². The Balaban J connectivity index is 1.75. The molecule has 1 aromatic heterocycles. The number of carbonyl (C=O) groups excluding carboxylic acids is 1. The molecule has 2 N–H and O–H groups in total. The van der Waals surface area contributed by atoms with Gasteiger partial charge in [-0.3, -0.25) is 0 Å². The largest absolute Gasteiger partial charge is 0.339 e. The molecule has 0 aliphatic carbocycles. The maximum Gasteiger partial charge on any atom is 0.315 e. The fraction of sp³-hybridized carbons (Fsp3) is 0.357. The number of nitrogens with one attached hydrogen (secondary N) is 2. The van der Waals surface area contributed by atoms with Gasteiger partial charge >= 0.3 is 6.03 Å². The summed E-state index contributed by atoms with van der Waals surface area (Å²) in [7, 11) is 0. The first kappa shape index (κ1) is 15.0. The lowest BCUT2D eigenvalue weighted by Crippen LogP contribution is -2.38. The molecular formula is C14H17FN4O2. The number of aryl methyl sites for hydroxylation is 1. The van der Waals surface area contributed by atoms with Crippen LogP contribution in [0.15, 0.2) is 28.8 Å². The zero-order chi connectivity index (χ0) is 15.2. The zero-order valence-electron chi connectivity index (χ0n) is 11.9. The van der Waals surface area contributed by atoms with Gasteiger partial charge in [0.25, 0.3) is 0 Å². The number of hydrogen-bond donors (Lipinski definition) is 2. The van der Waals surface area contributed by atoms with Crippen molar-refractivity contribution in [2.75, 3.05) is 6.54 Å². The van der Waals surface area contributed by atoms with Crippen LogP contribution < -0.4 is 10.6 Å². The van der Waals surface area contributed by atoms with E-state index >= 15 is 0 Å². The number of urea groups is 1. The third-order valence-electron chi connectivity index (χ3n) is 2.91. The molecule has 6 nitrogen and oxygen atoms in total. The minimum atomic E-state index is -0.303. The van der Waals surface area contributed by atoms with Gasteiger partial charge in [0, 0.05) is 13.0 Å². The van der Waals surface area contributed by atoms with Gasteiger partial charge in [-0.2, -0.15) is 4.98 Å². The van der Waals surface area contributed by atoms with E-state index in [4.69, 9.17) is 4.52 Å². The number of hydrogen-bond acceptors (Lipinski definition) is 4. The van der Waals surface area contributed by atoms with E-state index in [0.29, 0.717) is 24.7 Å². The fourth-order valence-corrected chi connectivity index (χ4v) is 1.81. The minimum Gasteiger partial charge on any atom is -0.339 e. The first-order chi connectivity index (χ1) is 10.0. The SMILES string of the molecule is Cc1noc(CCNC(=O)N[C@H](C)c2ccc(F)cc2)n1. The van der Waals surface area contributed by atoms with Gasteiger partial charge in [0.1, 0.15) is 5.82 Å². The van der Waals surface area contributed by atoms with Crippen LogP contribution in [0.25, 0.3) is 0 Å². The molecular weight excluding hydrogens is 275 g/mol. The molecule has 0 aliphatic rings. The molecule has 0 unspecified atom stereocenters. The van der Waals surface area contributed by atoms with E-state index in [-0.39, 0.29) is 17.9 Å². The molecule has 2 amide bonds. The highest BCUT2D eigenvalue weighted by atomic mass is 19.1. The highest BCUT2D eigenvalue weighted by Crippen LogP contribution is 2.12. The van der Waals surface area contributed by atoms with Crippen molar-refractivity contribution in [1.82, 2.24) is 20.8 Å². The van der Waals surface area contributed by atoms with Crippen molar-refractivity contribution in [2.24, 2.45) is 0 Å². The van der Waals surface area contributed by atoms with Crippen molar-refractivity contribution in [3.05, 3.63) is 47.4 Å². The van der Waals surface area contributed by atoms with Crippen molar-refractivity contribution in [3.63, 3.8) is 0 Å². The van der Waals surface area contributed by atoms with Gasteiger partial charge in [-0.15, -0.1) is 0 Å². The Morgan fingerprint density at radius 3 is 2.71 bits per heavy atom. The van der Waals surface area contributed by atoms with E-state index in [1.807, 2.05) is 6.92 Å². The summed E-state index contributed by atoms with van der Waals surface area (Å²) in [5.74, 6) is 0.754. The van der Waals surface area contributed by atoms with Crippen LogP contribution in [0.1, 0.15) is 30.2 Å². The molecule has 21 heavy (non-hydrogen) atoms. The van der Waals surface area contributed by atoms with Crippen molar-refractivity contribution < 1.29 is 13.7 Å². The second kappa shape index (κ2) is 6.83. The normalized spacial score (nSPS) is 12.0. The predicted octanol–water partition coefficient (Wildman–Crippen LogP) is 2.12. The summed E-state index contributed by atoms with van der Waals surface area (Å²) in [5.41, 5.74) is 0.832. The number of amides is 2. The summed E-state index contributed by atoms with van der Waals surface area (Å²) in [4.78, 5) is 15.8. The predicted molar refractivity (Wildman–Crippen MR) is 74.1 cm³/mol. The highest BCUT2D eigenvalue weighted by molar-refractivity contribution is 5.74. The Labute approximate surface area is 121 Å². The van der Waals surface area contributed by atoms with Crippen LogP contribution in [-0.4, -0.2) is 22.7 Å². The first-order valence-corrected chi connectivity index (χ1v) is 6.63. The minimum absolute atomic E-state index is 0.212. The van der Waals surface area contributed by atoms with E-state index in [1.165, 1.54) is 12.1 Å². The lowest BCUT2D eigenvalue weighted by molar-refractivity contribution is 0.237. The number of benzene rings is 1. The lowest BCUT2D eigenvalue weighted by Gasteiger charge is -2.14. The summed E-state index contributed by atoms with van der Waals surface area (Å²) in [6.45, 7) is 3.95. The molecule has 1 aromatic carbocycles. The summed E-state index contributed by atoms with van der Waals surface area (Å²) in [5, 5.41) is 9.13. The molecule has 1 atom stereocenters. The van der Waals surface area contributed by atoms with E-state index in [2.05, 4.69) is 20.8 Å². The van der Waals surface area contributed by atoms with Crippen LogP contribution in [0.4, 0.5) is 9.18 Å². The maximum absolute atomic E-state index is 12.8. The Bertz CT molecular complexity index is 597. The molecule has 0 bridgehead atoms. The monoisotopic (exact) mass is 292 g/mol. The summed E-state index contributed by atoms with van der Waals surface area (Å²) in [6, 6.07) is 5.50. The number of rotatable bonds is 5. The van der Waals surface area contributed by atoms with Gasteiger partial charge in [0.05, 0.1) is 6.04 Å². The molecule has 0 saturated heterocycles. The molecule has 1 heterocycles. The maximum atomic E-state index is 12.8. The van der Waals surface area contributed by atoms with Crippen LogP contribution >= 0.6 is 0 Å². The average molecular weight is 292 g/mol. The summed E-state index contributed by atoms with van der Waals surface area (Å²) >= 11 is 0. The van der Waals surface area contributed by atoms with E-state index < -0.39 is 0 Å². The van der Waals surface area contributed by atoms with Gasteiger partial charge < -0.3 is 15.2 Å². The van der Waals surface area contributed by atoms with Crippen molar-refractivity contribution in [2.45, 2.75) is 26.3 Å². The number of nitrogens with zero attached hydrogens (tertiary/aromatic N) is 2. The number of aromatic nitrogens is 2. The van der Waals surface area contributed by atoms with Crippen molar-refractivity contribution >= 4 is 6.03 Å². The number of carbonyl (C=O) groups is 1. The average Bonchev–Trinajstić information content (AvgIpc) is 2.85. The van der Waals surface area contributed by atoms with Gasteiger partial charge in [-0.1, -0.05) is 17.3 Å². The van der Waals surface area contributed by atoms with Crippen molar-refractivity contribution in [1.29, 1.82) is 0 Å². The smallest absolute Gasteiger partial charge is 0.315 e. The molecule has 2 aromatic rings. The topological polar surface area (TPSA) is 80.0 Å². The zero-order valence-corrected chi connectivity index (χ0v) is 11.9. The van der Waals surface area contributed by atoms with Crippen LogP contribution in [0.5, 0.6) is 0 Å². The number of halogens is 1. The van der Waals surface area contributed by atoms with Crippen LogP contribution in [0, 0.1) is 12.7 Å². The second-order valence-corrected chi connectivity index (χ2v) is 4.66. The molecule has 0 radical (unpaired) electrons. The van der Waals surface area contributed by atoms with E-state index in [9.17, 15) is 9.18 Å². The molecule has 0 aliphatic heterocycles. The van der Waals surface area contributed by atoms with Gasteiger partial charge in [0.2, 0.25) is 5.89 Å². The van der Waals surface area contributed by atoms with Gasteiger partial charge in [-0.25, -0.2) is 9.18 Å². The van der Waals surface area contributed by atoms with Crippen molar-refractivity contribution in [3.8, 4) is 0 Å². The molecule has 0 spiro atoms. The van der Waals surface area contributed by atoms with E-state index in [1.54, 1.807) is 19.1 Å². The Hall–Kier alpha value is -2.44. The first-order valence-electron chi connectivity index (χ1n) is 6.63. The highest BCUT2D eigenvalue weighted by Gasteiger charge is 2.09. The molecule has 0 fully saturated rings. The summed E-state index contributed by atoms with van der Waals surface area (Å²) in [6.07, 6.45) is 0.471. The van der Waals surface area contributed by atoms with Crippen LogP contribution in [0.3, 0.4) is 0 Å². The standard InChI is InChI=1S/C14H17FN4O2/c1-9(11-3-5-12(15)6-4-11)17-14(20)16-8-7-13-18-10(2)19-21-13/h3-6,9H,7-8H2,1-2H3,(H2,16,17,20)/t9-/m1/s1. The van der Waals surface area contributed by atoms with Crippen LogP contribution in [-0.2, 0) is 6.42 Å². The Morgan fingerprint density at radius 2 is 2.10 bits per heavy atom. The molecule has 7 heteroatoms. The third-order valence-corrected chi connectivity index (χ3v) is 2.91. The second-order valence-electron chi connectivity index (χ2n) is 4.66. The Morgan fingerprint density at radius 1 is 1.38 bits per heavy atom. The molecule has 112 valence electrons. The van der Waals surface area contributed by atoms with Gasteiger partial charge in [0.15, 0.2) is 5.82 Å². The molecule has 0 saturated carbocycles.